The molecule has 0 aliphatic rings. The highest BCUT2D eigenvalue weighted by Gasteiger charge is 2.04. The van der Waals surface area contributed by atoms with Gasteiger partial charge in [0.25, 0.3) is 0 Å². The summed E-state index contributed by atoms with van der Waals surface area (Å²) in [6, 6.07) is 8.65. The number of aromatic nitrogens is 1. The third-order valence-corrected chi connectivity index (χ3v) is 3.43. The fraction of sp³-hybridized carbons (Fsp3) is 0.400. The normalized spacial score (nSPS) is 11.0. The molecule has 2 rings (SSSR count). The molecule has 1 heterocycles. The molecule has 0 aliphatic carbocycles. The van der Waals surface area contributed by atoms with Gasteiger partial charge in [0.05, 0.1) is 5.52 Å². The van der Waals surface area contributed by atoms with Gasteiger partial charge in [-0.15, -0.1) is 0 Å². The molecular formula is C15H18ClN. The van der Waals surface area contributed by atoms with Gasteiger partial charge >= 0.3 is 0 Å². The molecule has 0 aliphatic heterocycles. The van der Waals surface area contributed by atoms with E-state index in [1.165, 1.54) is 23.8 Å². The number of halogens is 1. The second-order valence-corrected chi connectivity index (χ2v) is 4.78. The molecule has 0 radical (unpaired) electrons. The molecule has 0 spiro atoms. The highest BCUT2D eigenvalue weighted by atomic mass is 35.5. The van der Waals surface area contributed by atoms with Gasteiger partial charge in [0, 0.05) is 5.39 Å². The van der Waals surface area contributed by atoms with Crippen LogP contribution in [0.1, 0.15) is 37.8 Å². The molecule has 2 aromatic rings. The van der Waals surface area contributed by atoms with Crippen molar-refractivity contribution in [2.75, 3.05) is 0 Å². The van der Waals surface area contributed by atoms with Crippen LogP contribution in [0.3, 0.4) is 0 Å². The maximum Gasteiger partial charge on any atom is 0.132 e. The number of unbranched alkanes of at least 4 members (excludes halogenated alkanes) is 1. The van der Waals surface area contributed by atoms with E-state index in [9.17, 15) is 0 Å². The van der Waals surface area contributed by atoms with Gasteiger partial charge in [-0.25, -0.2) is 4.98 Å². The molecule has 0 N–H and O–H groups in total. The van der Waals surface area contributed by atoms with Gasteiger partial charge in [-0.3, -0.25) is 0 Å². The van der Waals surface area contributed by atoms with Crippen molar-refractivity contribution in [3.63, 3.8) is 0 Å². The van der Waals surface area contributed by atoms with Crippen molar-refractivity contribution in [3.8, 4) is 0 Å². The van der Waals surface area contributed by atoms with Crippen molar-refractivity contribution in [2.24, 2.45) is 0 Å². The van der Waals surface area contributed by atoms with E-state index in [1.807, 2.05) is 0 Å². The Labute approximate surface area is 108 Å². The Balaban J connectivity index is 2.41. The average molecular weight is 248 g/mol. The van der Waals surface area contributed by atoms with E-state index in [0.29, 0.717) is 5.15 Å². The molecule has 0 saturated carbocycles. The van der Waals surface area contributed by atoms with Gasteiger partial charge in [-0.1, -0.05) is 37.9 Å². The van der Waals surface area contributed by atoms with E-state index in [4.69, 9.17) is 11.6 Å². The van der Waals surface area contributed by atoms with Crippen LogP contribution in [0.4, 0.5) is 0 Å². The molecule has 17 heavy (non-hydrogen) atoms. The first-order valence-corrected chi connectivity index (χ1v) is 6.70. The summed E-state index contributed by atoms with van der Waals surface area (Å²) in [7, 11) is 0. The van der Waals surface area contributed by atoms with Crippen LogP contribution in [-0.2, 0) is 12.8 Å². The SMILES string of the molecule is CCCCc1ccc2nc(Cl)c(CC)cc2c1. The molecule has 1 aromatic heterocycles. The van der Waals surface area contributed by atoms with E-state index in [-0.39, 0.29) is 0 Å². The van der Waals surface area contributed by atoms with Gasteiger partial charge in [-0.2, -0.15) is 0 Å². The Morgan fingerprint density at radius 2 is 2.00 bits per heavy atom. The minimum Gasteiger partial charge on any atom is -0.236 e. The number of benzene rings is 1. The van der Waals surface area contributed by atoms with Crippen molar-refractivity contribution in [3.05, 3.63) is 40.5 Å². The Kier molecular flexibility index (Phi) is 4.01. The van der Waals surface area contributed by atoms with E-state index in [1.54, 1.807) is 0 Å². The number of hydrogen-bond acceptors (Lipinski definition) is 1. The van der Waals surface area contributed by atoms with Crippen molar-refractivity contribution in [2.45, 2.75) is 39.5 Å². The highest BCUT2D eigenvalue weighted by Crippen LogP contribution is 2.22. The van der Waals surface area contributed by atoms with Crippen molar-refractivity contribution >= 4 is 22.5 Å². The number of aryl methyl sites for hydroxylation is 2. The topological polar surface area (TPSA) is 12.9 Å². The van der Waals surface area contributed by atoms with Crippen LogP contribution in [0.25, 0.3) is 10.9 Å². The molecular weight excluding hydrogens is 230 g/mol. The number of fused-ring (bicyclic) bond motifs is 1. The molecule has 2 heteroatoms. The molecule has 1 aromatic carbocycles. The zero-order valence-electron chi connectivity index (χ0n) is 10.5. The molecule has 0 fully saturated rings. The summed E-state index contributed by atoms with van der Waals surface area (Å²) >= 11 is 6.12. The Morgan fingerprint density at radius 1 is 1.18 bits per heavy atom. The zero-order chi connectivity index (χ0) is 12.3. The molecule has 1 nitrogen and oxygen atoms in total. The lowest BCUT2D eigenvalue weighted by molar-refractivity contribution is 0.796. The second kappa shape index (κ2) is 5.50. The number of nitrogens with zero attached hydrogens (tertiary/aromatic N) is 1. The minimum absolute atomic E-state index is 0.640. The summed E-state index contributed by atoms with van der Waals surface area (Å²) in [6.45, 7) is 4.33. The Bertz CT molecular complexity index is 520. The first kappa shape index (κ1) is 12.4. The van der Waals surface area contributed by atoms with Gasteiger partial charge in [0.1, 0.15) is 5.15 Å². The van der Waals surface area contributed by atoms with Gasteiger partial charge < -0.3 is 0 Å². The van der Waals surface area contributed by atoms with Crippen LogP contribution in [0.15, 0.2) is 24.3 Å². The lowest BCUT2D eigenvalue weighted by Gasteiger charge is -2.06. The predicted molar refractivity (Wildman–Crippen MR) is 74.7 cm³/mol. The van der Waals surface area contributed by atoms with Gasteiger partial charge in [0.2, 0.25) is 0 Å². The monoisotopic (exact) mass is 247 g/mol. The standard InChI is InChI=1S/C15H18ClN/c1-3-5-6-11-7-8-14-13(9-11)10-12(4-2)15(16)17-14/h7-10H,3-6H2,1-2H3. The van der Waals surface area contributed by atoms with Crippen LogP contribution in [0.2, 0.25) is 5.15 Å². The smallest absolute Gasteiger partial charge is 0.132 e. The highest BCUT2D eigenvalue weighted by molar-refractivity contribution is 6.30. The lowest BCUT2D eigenvalue weighted by Crippen LogP contribution is -1.90. The maximum atomic E-state index is 6.12. The summed E-state index contributed by atoms with van der Waals surface area (Å²) in [5.41, 5.74) is 3.52. The molecule has 0 bridgehead atoms. The minimum atomic E-state index is 0.640. The number of pyridine rings is 1. The Hall–Kier alpha value is -1.08. The van der Waals surface area contributed by atoms with E-state index >= 15 is 0 Å². The summed E-state index contributed by atoms with van der Waals surface area (Å²) < 4.78 is 0. The van der Waals surface area contributed by atoms with E-state index in [2.05, 4.69) is 43.1 Å². The second-order valence-electron chi connectivity index (χ2n) is 4.42. The van der Waals surface area contributed by atoms with Crippen molar-refractivity contribution in [1.29, 1.82) is 0 Å². The number of rotatable bonds is 4. The molecule has 0 atom stereocenters. The van der Waals surface area contributed by atoms with Crippen molar-refractivity contribution in [1.82, 2.24) is 4.98 Å². The summed E-state index contributed by atoms with van der Waals surface area (Å²) in [4.78, 5) is 4.43. The van der Waals surface area contributed by atoms with E-state index in [0.717, 1.165) is 23.9 Å². The fourth-order valence-electron chi connectivity index (χ4n) is 2.03. The van der Waals surface area contributed by atoms with E-state index < -0.39 is 0 Å². The molecule has 0 unspecified atom stereocenters. The summed E-state index contributed by atoms with van der Waals surface area (Å²) in [5.74, 6) is 0. The maximum absolute atomic E-state index is 6.12. The van der Waals surface area contributed by atoms with Crippen LogP contribution >= 0.6 is 11.6 Å². The van der Waals surface area contributed by atoms with Gasteiger partial charge in [0.15, 0.2) is 0 Å². The first-order valence-electron chi connectivity index (χ1n) is 6.32. The van der Waals surface area contributed by atoms with Crippen LogP contribution in [0, 0.1) is 0 Å². The third kappa shape index (κ3) is 2.78. The quantitative estimate of drug-likeness (QED) is 0.708. The average Bonchev–Trinajstić information content (AvgIpc) is 2.35. The summed E-state index contributed by atoms with van der Waals surface area (Å²) in [5, 5.41) is 1.85. The summed E-state index contributed by atoms with van der Waals surface area (Å²) in [6.07, 6.45) is 4.56. The molecule has 0 amide bonds. The number of hydrogen-bond donors (Lipinski definition) is 0. The Morgan fingerprint density at radius 3 is 2.71 bits per heavy atom. The largest absolute Gasteiger partial charge is 0.236 e. The predicted octanol–water partition coefficient (Wildman–Crippen LogP) is 4.79. The van der Waals surface area contributed by atoms with Crippen molar-refractivity contribution < 1.29 is 0 Å². The fourth-order valence-corrected chi connectivity index (χ4v) is 2.31. The lowest BCUT2D eigenvalue weighted by atomic mass is 10.0. The van der Waals surface area contributed by atoms with Crippen LogP contribution in [-0.4, -0.2) is 4.98 Å². The van der Waals surface area contributed by atoms with Gasteiger partial charge in [-0.05, 0) is 48.6 Å². The first-order chi connectivity index (χ1) is 8.24. The van der Waals surface area contributed by atoms with Crippen LogP contribution < -0.4 is 0 Å². The third-order valence-electron chi connectivity index (χ3n) is 3.11. The molecule has 90 valence electrons. The zero-order valence-corrected chi connectivity index (χ0v) is 11.2. The van der Waals surface area contributed by atoms with Crippen LogP contribution in [0.5, 0.6) is 0 Å². The molecule has 0 saturated heterocycles.